The number of rotatable bonds is 2. The van der Waals surface area contributed by atoms with E-state index in [-0.39, 0.29) is 0 Å². The van der Waals surface area contributed by atoms with E-state index in [4.69, 9.17) is 10.7 Å². The molecule has 1 fully saturated rings. The number of aryl methyl sites for hydroxylation is 1. The van der Waals surface area contributed by atoms with Crippen LogP contribution in [0.3, 0.4) is 0 Å². The molecule has 4 nitrogen and oxygen atoms in total. The first kappa shape index (κ1) is 11.2. The van der Waals surface area contributed by atoms with Gasteiger partial charge in [-0.25, -0.2) is 4.98 Å². The summed E-state index contributed by atoms with van der Waals surface area (Å²) in [4.78, 5) is 7.32. The van der Waals surface area contributed by atoms with Crippen molar-refractivity contribution in [1.29, 1.82) is 0 Å². The van der Waals surface area contributed by atoms with E-state index in [0.717, 1.165) is 25.9 Å². The molecule has 0 spiro atoms. The van der Waals surface area contributed by atoms with E-state index in [1.54, 1.807) is 0 Å². The number of fused-ring (bicyclic) bond motifs is 1. The van der Waals surface area contributed by atoms with Crippen molar-refractivity contribution in [2.45, 2.75) is 44.7 Å². The minimum atomic E-state index is 0.313. The van der Waals surface area contributed by atoms with E-state index < -0.39 is 0 Å². The van der Waals surface area contributed by atoms with Crippen molar-refractivity contribution in [2.75, 3.05) is 19.6 Å². The van der Waals surface area contributed by atoms with Gasteiger partial charge in [-0.15, -0.1) is 0 Å². The van der Waals surface area contributed by atoms with Crippen LogP contribution in [-0.2, 0) is 13.0 Å². The molecule has 3 heterocycles. The lowest BCUT2D eigenvalue weighted by Gasteiger charge is -2.18. The number of hydrogen-bond acceptors (Lipinski definition) is 3. The van der Waals surface area contributed by atoms with Crippen molar-refractivity contribution in [3.05, 3.63) is 17.7 Å². The summed E-state index contributed by atoms with van der Waals surface area (Å²) in [6.07, 6.45) is 5.57. The Morgan fingerprint density at radius 3 is 3.06 bits per heavy atom. The van der Waals surface area contributed by atoms with Gasteiger partial charge in [0.05, 0.1) is 5.69 Å². The van der Waals surface area contributed by atoms with Crippen molar-refractivity contribution in [2.24, 2.45) is 5.73 Å². The Hall–Kier alpha value is -0.870. The quantitative estimate of drug-likeness (QED) is 0.829. The van der Waals surface area contributed by atoms with Gasteiger partial charge in [0.2, 0.25) is 0 Å². The van der Waals surface area contributed by atoms with Crippen LogP contribution >= 0.6 is 0 Å². The minimum absolute atomic E-state index is 0.313. The fourth-order valence-electron chi connectivity index (χ4n) is 3.03. The number of likely N-dealkylation sites (tertiary alicyclic amines) is 1. The smallest absolute Gasteiger partial charge is 0.110 e. The lowest BCUT2D eigenvalue weighted by Crippen LogP contribution is -2.30. The van der Waals surface area contributed by atoms with E-state index >= 15 is 0 Å². The first-order chi connectivity index (χ1) is 8.26. The van der Waals surface area contributed by atoms with Gasteiger partial charge in [-0.1, -0.05) is 6.92 Å². The molecule has 2 unspecified atom stereocenters. The second-order valence-corrected chi connectivity index (χ2v) is 5.41. The maximum atomic E-state index is 5.99. The molecule has 3 rings (SSSR count). The van der Waals surface area contributed by atoms with E-state index in [1.165, 1.54) is 31.0 Å². The van der Waals surface area contributed by atoms with Crippen LogP contribution in [0.25, 0.3) is 0 Å². The summed E-state index contributed by atoms with van der Waals surface area (Å²) in [5, 5.41) is 0. The Morgan fingerprint density at radius 2 is 2.29 bits per heavy atom. The summed E-state index contributed by atoms with van der Waals surface area (Å²) < 4.78 is 2.31. The molecule has 0 amide bonds. The second-order valence-electron chi connectivity index (χ2n) is 5.41. The molecule has 1 aromatic heterocycles. The third kappa shape index (κ3) is 2.11. The van der Waals surface area contributed by atoms with Gasteiger partial charge >= 0.3 is 0 Å². The van der Waals surface area contributed by atoms with E-state index in [2.05, 4.69) is 22.6 Å². The molecule has 0 aliphatic carbocycles. The van der Waals surface area contributed by atoms with Gasteiger partial charge in [0.1, 0.15) is 5.82 Å². The highest BCUT2D eigenvalue weighted by atomic mass is 15.2. The summed E-state index contributed by atoms with van der Waals surface area (Å²) in [5.74, 6) is 1.85. The Balaban J connectivity index is 1.76. The average Bonchev–Trinajstić information content (AvgIpc) is 2.93. The van der Waals surface area contributed by atoms with Crippen LogP contribution in [-0.4, -0.2) is 40.1 Å². The highest BCUT2D eigenvalue weighted by molar-refractivity contribution is 5.14. The van der Waals surface area contributed by atoms with Crippen LogP contribution < -0.4 is 5.73 Å². The molecular weight excluding hydrogens is 212 g/mol. The Kier molecular flexibility index (Phi) is 2.92. The Bertz CT molecular complexity index is 398. The van der Waals surface area contributed by atoms with Crippen molar-refractivity contribution in [3.8, 4) is 0 Å². The maximum absolute atomic E-state index is 5.99. The molecular formula is C13H22N4. The first-order valence-electron chi connectivity index (χ1n) is 6.80. The van der Waals surface area contributed by atoms with E-state index in [0.29, 0.717) is 12.0 Å². The predicted octanol–water partition coefficient (Wildman–Crippen LogP) is 0.966. The molecule has 17 heavy (non-hydrogen) atoms. The Morgan fingerprint density at radius 1 is 1.41 bits per heavy atom. The molecule has 2 aliphatic rings. The molecule has 0 saturated carbocycles. The zero-order valence-electron chi connectivity index (χ0n) is 10.6. The predicted molar refractivity (Wildman–Crippen MR) is 68.0 cm³/mol. The first-order valence-corrected chi connectivity index (χ1v) is 6.80. The minimum Gasteiger partial charge on any atom is -0.335 e. The van der Waals surface area contributed by atoms with Crippen LogP contribution in [0, 0.1) is 0 Å². The van der Waals surface area contributed by atoms with Crippen LogP contribution in [0.2, 0.25) is 0 Å². The van der Waals surface area contributed by atoms with Crippen LogP contribution in [0.15, 0.2) is 6.20 Å². The largest absolute Gasteiger partial charge is 0.335 e. The van der Waals surface area contributed by atoms with Crippen molar-refractivity contribution < 1.29 is 0 Å². The molecule has 0 bridgehead atoms. The molecule has 94 valence electrons. The van der Waals surface area contributed by atoms with Crippen LogP contribution in [0.1, 0.15) is 37.2 Å². The normalized spacial score (nSPS) is 29.5. The molecule has 1 saturated heterocycles. The van der Waals surface area contributed by atoms with Gasteiger partial charge in [0.25, 0.3) is 0 Å². The van der Waals surface area contributed by atoms with Crippen molar-refractivity contribution in [3.63, 3.8) is 0 Å². The third-order valence-corrected chi connectivity index (χ3v) is 4.20. The third-order valence-electron chi connectivity index (χ3n) is 4.20. The highest BCUT2D eigenvalue weighted by Crippen LogP contribution is 2.27. The molecule has 2 atom stereocenters. The summed E-state index contributed by atoms with van der Waals surface area (Å²) in [7, 11) is 0. The zero-order chi connectivity index (χ0) is 11.8. The highest BCUT2D eigenvalue weighted by Gasteiger charge is 2.26. The summed E-state index contributed by atoms with van der Waals surface area (Å²) in [5.41, 5.74) is 7.29. The number of imidazole rings is 1. The SMILES string of the molecule is CCN1CCC(c2cn3c(n2)CC(N)CC3)C1. The van der Waals surface area contributed by atoms with Gasteiger partial charge in [-0.05, 0) is 25.9 Å². The molecule has 1 aromatic rings. The molecule has 2 aliphatic heterocycles. The number of nitrogens with two attached hydrogens (primary N) is 1. The summed E-state index contributed by atoms with van der Waals surface area (Å²) in [6.45, 7) is 6.85. The van der Waals surface area contributed by atoms with Crippen LogP contribution in [0.4, 0.5) is 0 Å². The molecule has 2 N–H and O–H groups in total. The number of hydrogen-bond donors (Lipinski definition) is 1. The number of aromatic nitrogens is 2. The average molecular weight is 234 g/mol. The topological polar surface area (TPSA) is 47.1 Å². The van der Waals surface area contributed by atoms with Gasteiger partial charge < -0.3 is 15.2 Å². The second kappa shape index (κ2) is 4.42. The fourth-order valence-corrected chi connectivity index (χ4v) is 3.03. The molecule has 0 aromatic carbocycles. The van der Waals surface area contributed by atoms with Crippen molar-refractivity contribution in [1.82, 2.24) is 14.5 Å². The Labute approximate surface area is 103 Å². The standard InChI is InChI=1S/C13H22N4/c1-2-16-5-3-10(8-16)12-9-17-6-4-11(14)7-13(17)15-12/h9-11H,2-8,14H2,1H3. The molecule has 4 heteroatoms. The zero-order valence-corrected chi connectivity index (χ0v) is 10.6. The van der Waals surface area contributed by atoms with Crippen LogP contribution in [0.5, 0.6) is 0 Å². The lowest BCUT2D eigenvalue weighted by molar-refractivity contribution is 0.353. The number of nitrogens with zero attached hydrogens (tertiary/aromatic N) is 3. The van der Waals surface area contributed by atoms with Gasteiger partial charge in [-0.2, -0.15) is 0 Å². The van der Waals surface area contributed by atoms with E-state index in [9.17, 15) is 0 Å². The monoisotopic (exact) mass is 234 g/mol. The summed E-state index contributed by atoms with van der Waals surface area (Å²) in [6, 6.07) is 0.313. The summed E-state index contributed by atoms with van der Waals surface area (Å²) >= 11 is 0. The lowest BCUT2D eigenvalue weighted by atomic mass is 10.1. The van der Waals surface area contributed by atoms with Crippen molar-refractivity contribution >= 4 is 0 Å². The van der Waals surface area contributed by atoms with Gasteiger partial charge in [-0.3, -0.25) is 0 Å². The van der Waals surface area contributed by atoms with Gasteiger partial charge in [0, 0.05) is 37.7 Å². The van der Waals surface area contributed by atoms with Gasteiger partial charge in [0.15, 0.2) is 0 Å². The maximum Gasteiger partial charge on any atom is 0.110 e. The fraction of sp³-hybridized carbons (Fsp3) is 0.769. The van der Waals surface area contributed by atoms with E-state index in [1.807, 2.05) is 0 Å². The molecule has 0 radical (unpaired) electrons. The number of likely N-dealkylation sites (N-methyl/N-ethyl adjacent to an activating group) is 1.